The Kier molecular flexibility index (Phi) is 5.00. The first kappa shape index (κ1) is 16.1. The fraction of sp³-hybridized carbons (Fsp3) is 1.00. The van der Waals surface area contributed by atoms with Gasteiger partial charge in [0, 0.05) is 25.6 Å². The molecule has 0 amide bonds. The summed E-state index contributed by atoms with van der Waals surface area (Å²) in [4.78, 5) is 1.93. The van der Waals surface area contributed by atoms with Crippen LogP contribution >= 0.6 is 0 Å². The molecule has 20 heavy (non-hydrogen) atoms. The molecule has 0 radical (unpaired) electrons. The average Bonchev–Trinajstić information content (AvgIpc) is 2.35. The molecule has 1 saturated heterocycles. The Bertz CT molecular complexity index is 304. The third-order valence-electron chi connectivity index (χ3n) is 4.76. The van der Waals surface area contributed by atoms with E-state index in [1.54, 1.807) is 0 Å². The highest BCUT2D eigenvalue weighted by molar-refractivity contribution is 4.88. The number of piperidine rings is 1. The van der Waals surface area contributed by atoms with Gasteiger partial charge in [0.2, 0.25) is 5.92 Å². The van der Waals surface area contributed by atoms with Crippen LogP contribution in [-0.4, -0.2) is 64.1 Å². The third-order valence-corrected chi connectivity index (χ3v) is 4.76. The summed E-state index contributed by atoms with van der Waals surface area (Å²) >= 11 is 0. The minimum Gasteiger partial charge on any atom is -0.389 e. The Labute approximate surface area is 118 Å². The van der Waals surface area contributed by atoms with Crippen molar-refractivity contribution in [1.29, 1.82) is 0 Å². The van der Waals surface area contributed by atoms with Crippen molar-refractivity contribution < 1.29 is 24.1 Å². The van der Waals surface area contributed by atoms with E-state index in [1.807, 2.05) is 4.90 Å². The molecule has 3 atom stereocenters. The standard InChI is InChI=1S/C14H25F2NO3/c1-14(15,16)10-4-2-9(3-5-10)6-17-7-11(18)13(20)12(19)8-17/h9-13,18-20H,2-8H2,1H3/t9-,10-,11-,12+,13+. The Balaban J connectivity index is 1.78. The molecular formula is C14H25F2NO3. The smallest absolute Gasteiger partial charge is 0.248 e. The molecular weight excluding hydrogens is 268 g/mol. The van der Waals surface area contributed by atoms with Gasteiger partial charge >= 0.3 is 0 Å². The van der Waals surface area contributed by atoms with Gasteiger partial charge in [-0.3, -0.25) is 4.90 Å². The lowest BCUT2D eigenvalue weighted by atomic mass is 9.79. The third kappa shape index (κ3) is 3.87. The first-order valence-electron chi connectivity index (χ1n) is 7.41. The number of likely N-dealkylation sites (tertiary alicyclic amines) is 1. The molecule has 6 heteroatoms. The molecule has 0 aromatic heterocycles. The van der Waals surface area contributed by atoms with E-state index >= 15 is 0 Å². The molecule has 2 aliphatic rings. The summed E-state index contributed by atoms with van der Waals surface area (Å²) in [6.07, 6.45) is -0.352. The SMILES string of the molecule is CC(F)(F)[C@H]1CC[C@H](CN2C[C@@H](O)[C@H](O)[C@@H](O)C2)CC1. The maximum Gasteiger partial charge on any atom is 0.248 e. The maximum atomic E-state index is 13.2. The molecule has 118 valence electrons. The summed E-state index contributed by atoms with van der Waals surface area (Å²) in [5, 5.41) is 28.8. The molecule has 4 nitrogen and oxygen atoms in total. The van der Waals surface area contributed by atoms with Crippen LogP contribution in [0.1, 0.15) is 32.6 Å². The molecule has 1 heterocycles. The van der Waals surface area contributed by atoms with Gasteiger partial charge < -0.3 is 15.3 Å². The highest BCUT2D eigenvalue weighted by atomic mass is 19.3. The van der Waals surface area contributed by atoms with E-state index in [9.17, 15) is 24.1 Å². The number of aliphatic hydroxyl groups is 3. The van der Waals surface area contributed by atoms with Crippen molar-refractivity contribution in [2.45, 2.75) is 56.8 Å². The molecule has 0 bridgehead atoms. The van der Waals surface area contributed by atoms with Gasteiger partial charge in [0.1, 0.15) is 6.10 Å². The van der Waals surface area contributed by atoms with Gasteiger partial charge in [0.05, 0.1) is 12.2 Å². The normalized spacial score (nSPS) is 40.8. The van der Waals surface area contributed by atoms with Crippen molar-refractivity contribution in [3.8, 4) is 0 Å². The number of aliphatic hydroxyl groups excluding tert-OH is 3. The van der Waals surface area contributed by atoms with Gasteiger partial charge in [-0.2, -0.15) is 0 Å². The topological polar surface area (TPSA) is 63.9 Å². The van der Waals surface area contributed by atoms with E-state index in [-0.39, 0.29) is 0 Å². The molecule has 3 N–H and O–H groups in total. The van der Waals surface area contributed by atoms with E-state index in [0.29, 0.717) is 38.4 Å². The van der Waals surface area contributed by atoms with Crippen LogP contribution < -0.4 is 0 Å². The van der Waals surface area contributed by atoms with Crippen LogP contribution in [-0.2, 0) is 0 Å². The average molecular weight is 293 g/mol. The Hall–Kier alpha value is -0.300. The molecule has 1 aliphatic heterocycles. The largest absolute Gasteiger partial charge is 0.389 e. The van der Waals surface area contributed by atoms with Crippen LogP contribution in [0.4, 0.5) is 8.78 Å². The van der Waals surface area contributed by atoms with Gasteiger partial charge in [-0.1, -0.05) is 0 Å². The van der Waals surface area contributed by atoms with Crippen LogP contribution in [0, 0.1) is 11.8 Å². The van der Waals surface area contributed by atoms with E-state index in [2.05, 4.69) is 0 Å². The molecule has 0 aromatic carbocycles. The monoisotopic (exact) mass is 293 g/mol. The molecule has 1 aliphatic carbocycles. The van der Waals surface area contributed by atoms with Crippen molar-refractivity contribution in [3.05, 3.63) is 0 Å². The van der Waals surface area contributed by atoms with Crippen molar-refractivity contribution in [1.82, 2.24) is 4.90 Å². The molecule has 2 fully saturated rings. The van der Waals surface area contributed by atoms with Crippen molar-refractivity contribution in [2.24, 2.45) is 11.8 Å². The Morgan fingerprint density at radius 2 is 1.50 bits per heavy atom. The summed E-state index contributed by atoms with van der Waals surface area (Å²) in [6, 6.07) is 0. The van der Waals surface area contributed by atoms with E-state index in [1.165, 1.54) is 0 Å². The van der Waals surface area contributed by atoms with Crippen LogP contribution in [0.3, 0.4) is 0 Å². The number of rotatable bonds is 3. The summed E-state index contributed by atoms with van der Waals surface area (Å²) in [6.45, 7) is 2.36. The van der Waals surface area contributed by atoms with Gasteiger partial charge in [-0.15, -0.1) is 0 Å². The number of alkyl halides is 2. The number of halogens is 2. The van der Waals surface area contributed by atoms with Crippen LogP contribution in [0.15, 0.2) is 0 Å². The number of hydrogen-bond acceptors (Lipinski definition) is 4. The first-order valence-corrected chi connectivity index (χ1v) is 7.41. The fourth-order valence-electron chi connectivity index (χ4n) is 3.44. The van der Waals surface area contributed by atoms with Crippen molar-refractivity contribution in [2.75, 3.05) is 19.6 Å². The van der Waals surface area contributed by atoms with Crippen LogP contribution in [0.25, 0.3) is 0 Å². The van der Waals surface area contributed by atoms with Gasteiger partial charge in [-0.25, -0.2) is 8.78 Å². The minimum absolute atomic E-state index is 0.335. The van der Waals surface area contributed by atoms with Crippen molar-refractivity contribution in [3.63, 3.8) is 0 Å². The Morgan fingerprint density at radius 1 is 1.00 bits per heavy atom. The molecule has 1 saturated carbocycles. The molecule has 2 rings (SSSR count). The first-order chi connectivity index (χ1) is 9.27. The maximum absolute atomic E-state index is 13.2. The number of nitrogens with zero attached hydrogens (tertiary/aromatic N) is 1. The second kappa shape index (κ2) is 6.22. The zero-order chi connectivity index (χ0) is 14.9. The number of hydrogen-bond donors (Lipinski definition) is 3. The zero-order valence-electron chi connectivity index (χ0n) is 11.9. The second-order valence-electron chi connectivity index (χ2n) is 6.52. The highest BCUT2D eigenvalue weighted by Crippen LogP contribution is 2.38. The lowest BCUT2D eigenvalue weighted by molar-refractivity contribution is -0.113. The van der Waals surface area contributed by atoms with Gasteiger partial charge in [-0.05, 0) is 38.5 Å². The van der Waals surface area contributed by atoms with E-state index < -0.39 is 30.2 Å². The lowest BCUT2D eigenvalue weighted by Crippen LogP contribution is -2.56. The fourth-order valence-corrected chi connectivity index (χ4v) is 3.44. The predicted molar refractivity (Wildman–Crippen MR) is 70.5 cm³/mol. The minimum atomic E-state index is -2.59. The highest BCUT2D eigenvalue weighted by Gasteiger charge is 2.38. The molecule has 0 spiro atoms. The van der Waals surface area contributed by atoms with Gasteiger partial charge in [0.15, 0.2) is 0 Å². The molecule has 0 aromatic rings. The Morgan fingerprint density at radius 3 is 1.95 bits per heavy atom. The summed E-state index contributed by atoms with van der Waals surface area (Å²) in [5.74, 6) is -2.77. The summed E-state index contributed by atoms with van der Waals surface area (Å²) < 4.78 is 26.5. The quantitative estimate of drug-likeness (QED) is 0.722. The van der Waals surface area contributed by atoms with E-state index in [0.717, 1.165) is 19.8 Å². The summed E-state index contributed by atoms with van der Waals surface area (Å²) in [7, 11) is 0. The second-order valence-corrected chi connectivity index (χ2v) is 6.52. The predicted octanol–water partition coefficient (Wildman–Crippen LogP) is 0.846. The lowest BCUT2D eigenvalue weighted by Gasteiger charge is -2.40. The zero-order valence-corrected chi connectivity index (χ0v) is 11.9. The van der Waals surface area contributed by atoms with Gasteiger partial charge in [0.25, 0.3) is 0 Å². The van der Waals surface area contributed by atoms with Crippen LogP contribution in [0.2, 0.25) is 0 Å². The van der Waals surface area contributed by atoms with E-state index in [4.69, 9.17) is 0 Å². The summed E-state index contributed by atoms with van der Waals surface area (Å²) in [5.41, 5.74) is 0. The number of β-amino-alcohol motifs (C(OH)–C–C–N with tert-alkyl or cyclic N) is 2. The van der Waals surface area contributed by atoms with Crippen LogP contribution in [0.5, 0.6) is 0 Å². The van der Waals surface area contributed by atoms with Crippen molar-refractivity contribution >= 4 is 0 Å². The molecule has 0 unspecified atom stereocenters.